The van der Waals surface area contributed by atoms with Crippen LogP contribution < -0.4 is 5.32 Å². The zero-order chi connectivity index (χ0) is 20.6. The number of amides is 1. The number of nitrogens with zero attached hydrogens (tertiary/aromatic N) is 1. The van der Waals surface area contributed by atoms with Gasteiger partial charge in [-0.3, -0.25) is 14.5 Å². The minimum atomic E-state index is -0.452. The lowest BCUT2D eigenvalue weighted by atomic mass is 9.88. The molecule has 0 saturated carbocycles. The SMILES string of the molecule is COCCCNC(=O)[C@@H]1CN(Cc2ccccc2)C[C@H]1C(=O)c1ccc(F)cc1. The highest BCUT2D eigenvalue weighted by molar-refractivity contribution is 6.01. The monoisotopic (exact) mass is 398 g/mol. The molecule has 1 heterocycles. The topological polar surface area (TPSA) is 58.6 Å². The number of ketones is 1. The summed E-state index contributed by atoms with van der Waals surface area (Å²) in [4.78, 5) is 28.1. The highest BCUT2D eigenvalue weighted by Crippen LogP contribution is 2.28. The molecule has 0 unspecified atom stereocenters. The normalized spacial score (nSPS) is 19.2. The van der Waals surface area contributed by atoms with Crippen molar-refractivity contribution in [1.82, 2.24) is 10.2 Å². The Labute approximate surface area is 170 Å². The number of rotatable bonds is 9. The third kappa shape index (κ3) is 5.71. The molecule has 1 amide bonds. The Hall–Kier alpha value is -2.57. The molecule has 1 aliphatic rings. The number of nitrogens with one attached hydrogen (secondary N) is 1. The molecule has 29 heavy (non-hydrogen) atoms. The van der Waals surface area contributed by atoms with Crippen molar-refractivity contribution in [3.05, 3.63) is 71.5 Å². The van der Waals surface area contributed by atoms with Crippen molar-refractivity contribution in [3.8, 4) is 0 Å². The molecule has 1 aliphatic heterocycles. The summed E-state index contributed by atoms with van der Waals surface area (Å²) in [5.41, 5.74) is 1.58. The number of hydrogen-bond acceptors (Lipinski definition) is 4. The molecule has 0 aliphatic carbocycles. The van der Waals surface area contributed by atoms with Gasteiger partial charge in [0.25, 0.3) is 0 Å². The van der Waals surface area contributed by atoms with Crippen LogP contribution in [0, 0.1) is 17.7 Å². The van der Waals surface area contributed by atoms with Gasteiger partial charge >= 0.3 is 0 Å². The van der Waals surface area contributed by atoms with Gasteiger partial charge in [0.2, 0.25) is 5.91 Å². The molecule has 0 spiro atoms. The fourth-order valence-electron chi connectivity index (χ4n) is 3.77. The summed E-state index contributed by atoms with van der Waals surface area (Å²) in [6.45, 7) is 2.79. The van der Waals surface area contributed by atoms with Crippen LogP contribution in [0.15, 0.2) is 54.6 Å². The molecule has 0 bridgehead atoms. The summed E-state index contributed by atoms with van der Waals surface area (Å²) in [7, 11) is 1.62. The number of carbonyl (C=O) groups excluding carboxylic acids is 2. The minimum absolute atomic E-state index is 0.113. The molecule has 1 N–H and O–H groups in total. The molecule has 3 rings (SSSR count). The van der Waals surface area contributed by atoms with E-state index in [-0.39, 0.29) is 17.5 Å². The van der Waals surface area contributed by atoms with Gasteiger partial charge in [-0.05, 0) is 36.2 Å². The van der Waals surface area contributed by atoms with Crippen LogP contribution in [0.3, 0.4) is 0 Å². The smallest absolute Gasteiger partial charge is 0.225 e. The molecule has 5 nitrogen and oxygen atoms in total. The van der Waals surface area contributed by atoms with E-state index in [4.69, 9.17) is 4.74 Å². The van der Waals surface area contributed by atoms with Gasteiger partial charge in [0.1, 0.15) is 5.82 Å². The van der Waals surface area contributed by atoms with Gasteiger partial charge in [-0.25, -0.2) is 4.39 Å². The first-order valence-electron chi connectivity index (χ1n) is 9.91. The highest BCUT2D eigenvalue weighted by atomic mass is 19.1. The predicted molar refractivity (Wildman–Crippen MR) is 109 cm³/mol. The molecule has 2 aromatic rings. The average molecular weight is 398 g/mol. The van der Waals surface area contributed by atoms with Crippen molar-refractivity contribution in [2.45, 2.75) is 13.0 Å². The largest absolute Gasteiger partial charge is 0.385 e. The van der Waals surface area contributed by atoms with Gasteiger partial charge in [-0.1, -0.05) is 30.3 Å². The second-order valence-electron chi connectivity index (χ2n) is 7.40. The van der Waals surface area contributed by atoms with Gasteiger partial charge in [0.05, 0.1) is 5.92 Å². The summed E-state index contributed by atoms with van der Waals surface area (Å²) in [6, 6.07) is 15.5. The van der Waals surface area contributed by atoms with E-state index < -0.39 is 11.8 Å². The van der Waals surface area contributed by atoms with E-state index in [2.05, 4.69) is 10.2 Å². The van der Waals surface area contributed by atoms with Crippen LogP contribution in [0.5, 0.6) is 0 Å². The van der Waals surface area contributed by atoms with Crippen molar-refractivity contribution in [1.29, 1.82) is 0 Å². The van der Waals surface area contributed by atoms with E-state index in [0.717, 1.165) is 12.0 Å². The zero-order valence-electron chi connectivity index (χ0n) is 16.6. The number of likely N-dealkylation sites (tertiary alicyclic amines) is 1. The second kappa shape index (κ2) is 10.3. The number of benzene rings is 2. The molecule has 154 valence electrons. The fourth-order valence-corrected chi connectivity index (χ4v) is 3.77. The van der Waals surface area contributed by atoms with Gasteiger partial charge < -0.3 is 10.1 Å². The van der Waals surface area contributed by atoms with Crippen molar-refractivity contribution in [2.24, 2.45) is 11.8 Å². The molecular formula is C23H27FN2O3. The van der Waals surface area contributed by atoms with Crippen LogP contribution in [0.4, 0.5) is 4.39 Å². The Kier molecular flexibility index (Phi) is 7.49. The molecule has 1 saturated heterocycles. The van der Waals surface area contributed by atoms with Crippen molar-refractivity contribution in [2.75, 3.05) is 33.4 Å². The minimum Gasteiger partial charge on any atom is -0.385 e. The first-order chi connectivity index (χ1) is 14.1. The third-order valence-corrected chi connectivity index (χ3v) is 5.27. The molecule has 6 heteroatoms. The summed E-state index contributed by atoms with van der Waals surface area (Å²) < 4.78 is 18.3. The third-order valence-electron chi connectivity index (χ3n) is 5.27. The van der Waals surface area contributed by atoms with Gasteiger partial charge in [0, 0.05) is 51.4 Å². The number of hydrogen-bond donors (Lipinski definition) is 1. The number of Topliss-reactive ketones (excluding diaryl/α,β-unsaturated/α-hetero) is 1. The maximum atomic E-state index is 13.2. The maximum absolute atomic E-state index is 13.2. The summed E-state index contributed by atoms with van der Waals surface area (Å²) in [6.07, 6.45) is 0.721. The van der Waals surface area contributed by atoms with E-state index in [1.807, 2.05) is 30.3 Å². The summed E-state index contributed by atoms with van der Waals surface area (Å²) in [5, 5.41) is 2.93. The Morgan fingerprint density at radius 3 is 2.45 bits per heavy atom. The number of ether oxygens (including phenoxy) is 1. The Morgan fingerprint density at radius 2 is 1.76 bits per heavy atom. The highest BCUT2D eigenvalue weighted by Gasteiger charge is 2.41. The maximum Gasteiger partial charge on any atom is 0.225 e. The van der Waals surface area contributed by atoms with Crippen molar-refractivity contribution < 1.29 is 18.7 Å². The molecular weight excluding hydrogens is 371 g/mol. The molecule has 0 aromatic heterocycles. The summed E-state index contributed by atoms with van der Waals surface area (Å²) in [5.74, 6) is -1.49. The van der Waals surface area contributed by atoms with E-state index >= 15 is 0 Å². The first-order valence-corrected chi connectivity index (χ1v) is 9.91. The quantitative estimate of drug-likeness (QED) is 0.521. The van der Waals surface area contributed by atoms with Crippen LogP contribution in [-0.4, -0.2) is 49.9 Å². The molecule has 0 radical (unpaired) electrons. The summed E-state index contributed by atoms with van der Waals surface area (Å²) >= 11 is 0. The number of carbonyl (C=O) groups is 2. The lowest BCUT2D eigenvalue weighted by molar-refractivity contribution is -0.125. The van der Waals surface area contributed by atoms with E-state index in [1.165, 1.54) is 24.3 Å². The lowest BCUT2D eigenvalue weighted by Gasteiger charge is -2.17. The molecule has 1 fully saturated rings. The molecule has 2 atom stereocenters. The van der Waals surface area contributed by atoms with Crippen LogP contribution in [-0.2, 0) is 16.1 Å². The fraction of sp³-hybridized carbons (Fsp3) is 0.391. The standard InChI is InChI=1S/C23H27FN2O3/c1-29-13-5-12-25-23(28)21-16-26(14-17-6-3-2-4-7-17)15-20(21)22(27)18-8-10-19(24)11-9-18/h2-4,6-11,20-21H,5,12-16H2,1H3,(H,25,28)/t20-,21-/m1/s1. The zero-order valence-corrected chi connectivity index (χ0v) is 16.6. The number of methoxy groups -OCH3 is 1. The van der Waals surface area contributed by atoms with E-state index in [1.54, 1.807) is 7.11 Å². The van der Waals surface area contributed by atoms with Crippen molar-refractivity contribution >= 4 is 11.7 Å². The number of halogens is 1. The van der Waals surface area contributed by atoms with Crippen LogP contribution >= 0.6 is 0 Å². The van der Waals surface area contributed by atoms with Gasteiger partial charge in [-0.2, -0.15) is 0 Å². The van der Waals surface area contributed by atoms with Crippen LogP contribution in [0.1, 0.15) is 22.3 Å². The van der Waals surface area contributed by atoms with E-state index in [9.17, 15) is 14.0 Å². The van der Waals surface area contributed by atoms with Crippen LogP contribution in [0.2, 0.25) is 0 Å². The lowest BCUT2D eigenvalue weighted by Crippen LogP contribution is -2.38. The van der Waals surface area contributed by atoms with Crippen molar-refractivity contribution in [3.63, 3.8) is 0 Å². The average Bonchev–Trinajstić information content (AvgIpc) is 3.16. The Balaban J connectivity index is 1.72. The Morgan fingerprint density at radius 1 is 1.07 bits per heavy atom. The Bertz CT molecular complexity index is 811. The van der Waals surface area contributed by atoms with Gasteiger partial charge in [0.15, 0.2) is 5.78 Å². The van der Waals surface area contributed by atoms with E-state index in [0.29, 0.717) is 38.3 Å². The molecule has 2 aromatic carbocycles. The first kappa shape index (κ1) is 21.1. The van der Waals surface area contributed by atoms with Gasteiger partial charge in [-0.15, -0.1) is 0 Å². The predicted octanol–water partition coefficient (Wildman–Crippen LogP) is 2.91. The second-order valence-corrected chi connectivity index (χ2v) is 7.40. The van der Waals surface area contributed by atoms with Crippen LogP contribution in [0.25, 0.3) is 0 Å².